The fourth-order valence-corrected chi connectivity index (χ4v) is 4.00. The van der Waals surface area contributed by atoms with Crippen molar-refractivity contribution in [2.24, 2.45) is 0 Å². The number of halogens is 1. The number of aromatic amines is 1. The van der Waals surface area contributed by atoms with Gasteiger partial charge in [-0.1, -0.05) is 18.5 Å². The van der Waals surface area contributed by atoms with Crippen molar-refractivity contribution < 1.29 is 0 Å². The monoisotopic (exact) mass is 339 g/mol. The normalized spacial score (nSPS) is 11.6. The first kappa shape index (κ1) is 14.7. The van der Waals surface area contributed by atoms with Gasteiger partial charge < -0.3 is 4.98 Å². The number of H-pyrrole nitrogens is 1. The Morgan fingerprint density at radius 1 is 1.33 bits per heavy atom. The van der Waals surface area contributed by atoms with Crippen LogP contribution in [0.3, 0.4) is 0 Å². The predicted octanol–water partition coefficient (Wildman–Crippen LogP) is 3.72. The maximum Gasteiger partial charge on any atom is 0.268 e. The molecule has 0 saturated carbocycles. The topological polar surface area (TPSA) is 49.0 Å². The van der Waals surface area contributed by atoms with Crippen molar-refractivity contribution in [3.63, 3.8) is 0 Å². The van der Waals surface area contributed by atoms with Crippen LogP contribution in [-0.4, -0.2) is 21.4 Å². The molecule has 0 aromatic carbocycles. The minimum Gasteiger partial charge on any atom is -0.308 e. The highest BCUT2D eigenvalue weighted by atomic mass is 35.5. The number of aromatic nitrogens is 2. The van der Waals surface area contributed by atoms with Crippen LogP contribution in [0, 0.1) is 0 Å². The second kappa shape index (κ2) is 6.27. The first-order valence-electron chi connectivity index (χ1n) is 6.58. The summed E-state index contributed by atoms with van der Waals surface area (Å²) in [7, 11) is 0. The van der Waals surface area contributed by atoms with Gasteiger partial charge in [0.1, 0.15) is 10.5 Å². The van der Waals surface area contributed by atoms with Crippen LogP contribution >= 0.6 is 34.3 Å². The molecule has 0 aliphatic rings. The molecular weight excluding hydrogens is 326 g/mol. The van der Waals surface area contributed by atoms with E-state index in [2.05, 4.69) is 21.8 Å². The van der Waals surface area contributed by atoms with E-state index in [9.17, 15) is 4.79 Å². The fourth-order valence-electron chi connectivity index (χ4n) is 2.14. The quantitative estimate of drug-likeness (QED) is 0.770. The van der Waals surface area contributed by atoms with Gasteiger partial charge in [-0.05, 0) is 30.1 Å². The number of hydrogen-bond donors (Lipinski definition) is 1. The zero-order valence-corrected chi connectivity index (χ0v) is 13.8. The summed E-state index contributed by atoms with van der Waals surface area (Å²) in [5.74, 6) is 0.704. The summed E-state index contributed by atoms with van der Waals surface area (Å²) in [6.07, 6.45) is 0. The molecule has 0 radical (unpaired) electrons. The van der Waals surface area contributed by atoms with E-state index in [-0.39, 0.29) is 5.56 Å². The van der Waals surface area contributed by atoms with E-state index in [1.165, 1.54) is 16.2 Å². The molecular formula is C14H14ClN3OS2. The molecule has 0 saturated heterocycles. The maximum atomic E-state index is 12.0. The van der Waals surface area contributed by atoms with E-state index in [4.69, 9.17) is 11.6 Å². The minimum absolute atomic E-state index is 0.0554. The predicted molar refractivity (Wildman–Crippen MR) is 89.4 cm³/mol. The SMILES string of the molecule is CCN(Cc1nc2ccsc2c(=O)[nH]1)Cc1ccc(Cl)s1. The number of fused-ring (bicyclic) bond motifs is 1. The molecule has 7 heteroatoms. The Labute approximate surface area is 135 Å². The molecule has 0 aliphatic carbocycles. The van der Waals surface area contributed by atoms with Gasteiger partial charge in [-0.2, -0.15) is 0 Å². The molecule has 0 spiro atoms. The van der Waals surface area contributed by atoms with Gasteiger partial charge in [-0.25, -0.2) is 4.98 Å². The molecule has 3 aromatic heterocycles. The highest BCUT2D eigenvalue weighted by Gasteiger charge is 2.10. The average Bonchev–Trinajstić information content (AvgIpc) is 3.07. The average molecular weight is 340 g/mol. The standard InChI is InChI=1S/C14H14ClN3OS2/c1-2-18(7-9-3-4-11(15)21-9)8-12-16-10-5-6-20-13(10)14(19)17-12/h3-6H,2,7-8H2,1H3,(H,16,17,19). The summed E-state index contributed by atoms with van der Waals surface area (Å²) in [5.41, 5.74) is 0.717. The lowest BCUT2D eigenvalue weighted by Gasteiger charge is -2.18. The van der Waals surface area contributed by atoms with Crippen LogP contribution in [0.4, 0.5) is 0 Å². The molecule has 4 nitrogen and oxygen atoms in total. The highest BCUT2D eigenvalue weighted by molar-refractivity contribution is 7.17. The Balaban J connectivity index is 1.80. The summed E-state index contributed by atoms with van der Waals surface area (Å²) in [4.78, 5) is 22.8. The van der Waals surface area contributed by atoms with Gasteiger partial charge in [0.05, 0.1) is 16.4 Å². The zero-order valence-electron chi connectivity index (χ0n) is 11.4. The van der Waals surface area contributed by atoms with Crippen LogP contribution in [0.5, 0.6) is 0 Å². The Morgan fingerprint density at radius 3 is 2.90 bits per heavy atom. The van der Waals surface area contributed by atoms with Crippen LogP contribution < -0.4 is 5.56 Å². The first-order chi connectivity index (χ1) is 10.2. The molecule has 0 aliphatic heterocycles. The van der Waals surface area contributed by atoms with Gasteiger partial charge in [0, 0.05) is 11.4 Å². The lowest BCUT2D eigenvalue weighted by Crippen LogP contribution is -2.24. The van der Waals surface area contributed by atoms with Gasteiger partial charge in [0.25, 0.3) is 5.56 Å². The highest BCUT2D eigenvalue weighted by Crippen LogP contribution is 2.23. The van der Waals surface area contributed by atoms with E-state index >= 15 is 0 Å². The number of nitrogens with one attached hydrogen (secondary N) is 1. The van der Waals surface area contributed by atoms with Crippen LogP contribution in [-0.2, 0) is 13.1 Å². The van der Waals surface area contributed by atoms with E-state index in [1.54, 1.807) is 11.3 Å². The number of nitrogens with zero attached hydrogens (tertiary/aromatic N) is 2. The molecule has 0 atom stereocenters. The number of hydrogen-bond acceptors (Lipinski definition) is 5. The number of rotatable bonds is 5. The van der Waals surface area contributed by atoms with Crippen molar-refractivity contribution in [3.8, 4) is 0 Å². The summed E-state index contributed by atoms with van der Waals surface area (Å²) >= 11 is 8.96. The Kier molecular flexibility index (Phi) is 4.40. The second-order valence-electron chi connectivity index (χ2n) is 4.66. The van der Waals surface area contributed by atoms with Crippen molar-refractivity contribution in [1.82, 2.24) is 14.9 Å². The third kappa shape index (κ3) is 3.35. The Bertz CT molecular complexity index is 808. The van der Waals surface area contributed by atoms with Crippen LogP contribution in [0.15, 0.2) is 28.4 Å². The zero-order chi connectivity index (χ0) is 14.8. The summed E-state index contributed by atoms with van der Waals surface area (Å²) in [5, 5.41) is 1.89. The molecule has 1 N–H and O–H groups in total. The third-order valence-corrected chi connectivity index (χ3v) is 5.31. The van der Waals surface area contributed by atoms with E-state index in [1.807, 2.05) is 23.6 Å². The molecule has 3 rings (SSSR count). The summed E-state index contributed by atoms with van der Waals surface area (Å²) in [6, 6.07) is 5.83. The summed E-state index contributed by atoms with van der Waals surface area (Å²) < 4.78 is 1.49. The molecule has 21 heavy (non-hydrogen) atoms. The van der Waals surface area contributed by atoms with Crippen LogP contribution in [0.25, 0.3) is 10.2 Å². The van der Waals surface area contributed by atoms with E-state index in [0.29, 0.717) is 17.1 Å². The van der Waals surface area contributed by atoms with Gasteiger partial charge in [0.15, 0.2) is 0 Å². The Hall–Kier alpha value is -1.21. The maximum absolute atomic E-state index is 12.0. The van der Waals surface area contributed by atoms with Gasteiger partial charge in [-0.15, -0.1) is 22.7 Å². The van der Waals surface area contributed by atoms with Crippen LogP contribution in [0.1, 0.15) is 17.6 Å². The lowest BCUT2D eigenvalue weighted by molar-refractivity contribution is 0.267. The molecule has 0 bridgehead atoms. The number of thiophene rings is 2. The van der Waals surface area contributed by atoms with Crippen molar-refractivity contribution >= 4 is 44.5 Å². The minimum atomic E-state index is -0.0554. The van der Waals surface area contributed by atoms with Gasteiger partial charge in [0.2, 0.25) is 0 Å². The summed E-state index contributed by atoms with van der Waals surface area (Å²) in [6.45, 7) is 4.39. The van der Waals surface area contributed by atoms with Crippen molar-refractivity contribution in [2.75, 3.05) is 6.54 Å². The largest absolute Gasteiger partial charge is 0.308 e. The Morgan fingerprint density at radius 2 is 2.19 bits per heavy atom. The van der Waals surface area contributed by atoms with Crippen molar-refractivity contribution in [1.29, 1.82) is 0 Å². The molecule has 110 valence electrons. The van der Waals surface area contributed by atoms with Crippen LogP contribution in [0.2, 0.25) is 4.34 Å². The molecule has 3 heterocycles. The van der Waals surface area contributed by atoms with E-state index in [0.717, 1.165) is 22.9 Å². The molecule has 3 aromatic rings. The smallest absolute Gasteiger partial charge is 0.268 e. The molecule has 0 fully saturated rings. The molecule has 0 unspecified atom stereocenters. The first-order valence-corrected chi connectivity index (χ1v) is 8.66. The van der Waals surface area contributed by atoms with Crippen molar-refractivity contribution in [2.45, 2.75) is 20.0 Å². The van der Waals surface area contributed by atoms with Gasteiger partial charge >= 0.3 is 0 Å². The van der Waals surface area contributed by atoms with E-state index < -0.39 is 0 Å². The lowest BCUT2D eigenvalue weighted by atomic mass is 10.3. The fraction of sp³-hybridized carbons (Fsp3) is 0.286. The third-order valence-electron chi connectivity index (χ3n) is 3.19. The second-order valence-corrected chi connectivity index (χ2v) is 7.37. The van der Waals surface area contributed by atoms with Gasteiger partial charge in [-0.3, -0.25) is 9.69 Å². The van der Waals surface area contributed by atoms with Crippen molar-refractivity contribution in [3.05, 3.63) is 49.0 Å². The molecule has 0 amide bonds.